The molecule has 0 bridgehead atoms. The van der Waals surface area contributed by atoms with Crippen LogP contribution in [0.2, 0.25) is 5.15 Å². The molecule has 0 radical (unpaired) electrons. The summed E-state index contributed by atoms with van der Waals surface area (Å²) in [6, 6.07) is 0.367. The normalized spacial score (nSPS) is 13.4. The van der Waals surface area contributed by atoms with Gasteiger partial charge in [-0.15, -0.1) is 0 Å². The third-order valence-corrected chi connectivity index (χ3v) is 2.71. The lowest BCUT2D eigenvalue weighted by atomic mass is 10.1. The van der Waals surface area contributed by atoms with E-state index in [1.807, 2.05) is 0 Å². The number of hydrogen-bond donors (Lipinski definition) is 1. The molecule has 1 heterocycles. The van der Waals surface area contributed by atoms with Crippen LogP contribution in [-0.4, -0.2) is 14.8 Å². The first kappa shape index (κ1) is 9.74. The largest absolute Gasteiger partial charge is 0.364 e. The van der Waals surface area contributed by atoms with E-state index in [2.05, 4.69) is 34.8 Å². The highest BCUT2D eigenvalue weighted by molar-refractivity contribution is 6.99. The molecular formula is C7H12ClN3S. The fraction of sp³-hybridized carbons (Fsp3) is 0.714. The molecule has 1 rings (SSSR count). The van der Waals surface area contributed by atoms with Crippen LogP contribution in [-0.2, 0) is 0 Å². The molecule has 0 aliphatic rings. The van der Waals surface area contributed by atoms with Crippen LogP contribution in [0.4, 0.5) is 5.82 Å². The Hall–Kier alpha value is -0.350. The van der Waals surface area contributed by atoms with Crippen LogP contribution in [0.3, 0.4) is 0 Å². The summed E-state index contributed by atoms with van der Waals surface area (Å²) < 4.78 is 7.89. The van der Waals surface area contributed by atoms with Crippen LogP contribution in [0.25, 0.3) is 0 Å². The van der Waals surface area contributed by atoms with E-state index in [0.29, 0.717) is 22.9 Å². The van der Waals surface area contributed by atoms with E-state index < -0.39 is 0 Å². The van der Waals surface area contributed by atoms with Crippen molar-refractivity contribution in [2.24, 2.45) is 5.92 Å². The zero-order valence-corrected chi connectivity index (χ0v) is 8.91. The number of halogens is 1. The molecule has 0 saturated heterocycles. The lowest BCUT2D eigenvalue weighted by Gasteiger charge is -2.16. The van der Waals surface area contributed by atoms with Gasteiger partial charge in [0, 0.05) is 6.04 Å². The van der Waals surface area contributed by atoms with Crippen molar-refractivity contribution in [2.45, 2.75) is 26.8 Å². The molecular weight excluding hydrogens is 194 g/mol. The molecule has 1 atom stereocenters. The van der Waals surface area contributed by atoms with Crippen molar-refractivity contribution in [3.05, 3.63) is 5.15 Å². The van der Waals surface area contributed by atoms with Gasteiger partial charge >= 0.3 is 0 Å². The summed E-state index contributed by atoms with van der Waals surface area (Å²) in [6.07, 6.45) is 0. The Bertz CT molecular complexity index is 249. The summed E-state index contributed by atoms with van der Waals surface area (Å²) in [4.78, 5) is 0. The highest BCUT2D eigenvalue weighted by atomic mass is 35.5. The Kier molecular flexibility index (Phi) is 3.29. The van der Waals surface area contributed by atoms with E-state index in [4.69, 9.17) is 11.6 Å². The average molecular weight is 206 g/mol. The quantitative estimate of drug-likeness (QED) is 0.825. The molecule has 3 nitrogen and oxygen atoms in total. The van der Waals surface area contributed by atoms with Crippen LogP contribution < -0.4 is 5.32 Å². The molecule has 0 aliphatic heterocycles. The molecule has 5 heteroatoms. The lowest BCUT2D eigenvalue weighted by molar-refractivity contribution is 0.559. The number of nitrogens with one attached hydrogen (secondary N) is 1. The molecule has 1 N–H and O–H groups in total. The van der Waals surface area contributed by atoms with Crippen LogP contribution >= 0.6 is 23.3 Å². The molecule has 0 spiro atoms. The number of aromatic nitrogens is 2. The zero-order chi connectivity index (χ0) is 9.14. The highest BCUT2D eigenvalue weighted by Gasteiger charge is 2.11. The van der Waals surface area contributed by atoms with Gasteiger partial charge in [0.05, 0.1) is 11.7 Å². The van der Waals surface area contributed by atoms with E-state index >= 15 is 0 Å². The second-order valence-electron chi connectivity index (χ2n) is 3.08. The second kappa shape index (κ2) is 4.05. The first-order chi connectivity index (χ1) is 5.61. The number of anilines is 1. The molecule has 68 valence electrons. The Morgan fingerprint density at radius 3 is 2.42 bits per heavy atom. The van der Waals surface area contributed by atoms with Crippen LogP contribution in [0.15, 0.2) is 0 Å². The molecule has 0 aliphatic carbocycles. The van der Waals surface area contributed by atoms with Crippen molar-refractivity contribution < 1.29 is 0 Å². The fourth-order valence-corrected chi connectivity index (χ4v) is 1.31. The lowest BCUT2D eigenvalue weighted by Crippen LogP contribution is -2.21. The van der Waals surface area contributed by atoms with Gasteiger partial charge in [-0.2, -0.15) is 8.75 Å². The van der Waals surface area contributed by atoms with Gasteiger partial charge in [-0.1, -0.05) is 25.4 Å². The van der Waals surface area contributed by atoms with Crippen molar-refractivity contribution in [2.75, 3.05) is 5.32 Å². The van der Waals surface area contributed by atoms with Crippen molar-refractivity contribution in [1.29, 1.82) is 0 Å². The number of rotatable bonds is 3. The Balaban J connectivity index is 2.58. The second-order valence-corrected chi connectivity index (χ2v) is 3.97. The van der Waals surface area contributed by atoms with Gasteiger partial charge in [0.25, 0.3) is 0 Å². The maximum Gasteiger partial charge on any atom is 0.186 e. The van der Waals surface area contributed by atoms with Crippen molar-refractivity contribution in [3.8, 4) is 0 Å². The van der Waals surface area contributed by atoms with E-state index in [0.717, 1.165) is 11.7 Å². The minimum atomic E-state index is 0.367. The molecule has 0 fully saturated rings. The smallest absolute Gasteiger partial charge is 0.186 e. The van der Waals surface area contributed by atoms with Crippen molar-refractivity contribution >= 4 is 29.1 Å². The molecule has 1 unspecified atom stereocenters. The maximum absolute atomic E-state index is 5.76. The van der Waals surface area contributed by atoms with Gasteiger partial charge in [-0.25, -0.2) is 0 Å². The fourth-order valence-electron chi connectivity index (χ4n) is 0.646. The summed E-state index contributed by atoms with van der Waals surface area (Å²) in [5.74, 6) is 1.26. The third kappa shape index (κ3) is 2.32. The van der Waals surface area contributed by atoms with Gasteiger partial charge in [0.15, 0.2) is 11.0 Å². The monoisotopic (exact) mass is 205 g/mol. The minimum Gasteiger partial charge on any atom is -0.364 e. The number of hydrogen-bond acceptors (Lipinski definition) is 4. The third-order valence-electron chi connectivity index (χ3n) is 1.81. The van der Waals surface area contributed by atoms with Gasteiger partial charge in [-0.05, 0) is 12.8 Å². The van der Waals surface area contributed by atoms with Gasteiger partial charge in [-0.3, -0.25) is 0 Å². The van der Waals surface area contributed by atoms with E-state index in [1.165, 1.54) is 0 Å². The first-order valence-corrected chi connectivity index (χ1v) is 4.96. The van der Waals surface area contributed by atoms with E-state index in [-0.39, 0.29) is 0 Å². The SMILES string of the molecule is CC(C)C(C)Nc1nsnc1Cl. The van der Waals surface area contributed by atoms with Crippen LogP contribution in [0.5, 0.6) is 0 Å². The first-order valence-electron chi connectivity index (χ1n) is 3.86. The summed E-state index contributed by atoms with van der Waals surface area (Å²) in [6.45, 7) is 6.39. The molecule has 1 aromatic rings. The molecule has 0 aromatic carbocycles. The molecule has 12 heavy (non-hydrogen) atoms. The zero-order valence-electron chi connectivity index (χ0n) is 7.34. The summed E-state index contributed by atoms with van der Waals surface area (Å²) in [5, 5.41) is 3.66. The van der Waals surface area contributed by atoms with E-state index in [9.17, 15) is 0 Å². The predicted octanol–water partition coefficient (Wildman–Crippen LogP) is 2.65. The van der Waals surface area contributed by atoms with E-state index in [1.54, 1.807) is 0 Å². The van der Waals surface area contributed by atoms with Crippen LogP contribution in [0, 0.1) is 5.92 Å². The number of nitrogens with zero attached hydrogens (tertiary/aromatic N) is 2. The summed E-state index contributed by atoms with van der Waals surface area (Å²) >= 11 is 6.89. The molecule has 0 amide bonds. The Morgan fingerprint density at radius 1 is 1.33 bits per heavy atom. The van der Waals surface area contributed by atoms with Gasteiger partial charge < -0.3 is 5.32 Å². The minimum absolute atomic E-state index is 0.367. The Labute approximate surface area is 81.5 Å². The summed E-state index contributed by atoms with van der Waals surface area (Å²) in [5.41, 5.74) is 0. The Morgan fingerprint density at radius 2 is 2.00 bits per heavy atom. The topological polar surface area (TPSA) is 37.8 Å². The average Bonchev–Trinajstić information content (AvgIpc) is 2.36. The predicted molar refractivity (Wildman–Crippen MR) is 52.8 cm³/mol. The summed E-state index contributed by atoms with van der Waals surface area (Å²) in [7, 11) is 0. The van der Waals surface area contributed by atoms with Crippen LogP contribution in [0.1, 0.15) is 20.8 Å². The highest BCUT2D eigenvalue weighted by Crippen LogP contribution is 2.19. The molecule has 0 saturated carbocycles. The molecule has 1 aromatic heterocycles. The van der Waals surface area contributed by atoms with Gasteiger partial charge in [0.1, 0.15) is 0 Å². The maximum atomic E-state index is 5.76. The van der Waals surface area contributed by atoms with Crippen molar-refractivity contribution in [3.63, 3.8) is 0 Å². The standard InChI is InChI=1S/C7H12ClN3S/c1-4(2)5(3)9-7-6(8)10-12-11-7/h4-5H,1-3H3,(H,9,11). The van der Waals surface area contributed by atoms with Gasteiger partial charge in [0.2, 0.25) is 0 Å². The van der Waals surface area contributed by atoms with Crippen molar-refractivity contribution in [1.82, 2.24) is 8.75 Å².